The molecule has 0 spiro atoms. The molecule has 18 heavy (non-hydrogen) atoms. The molecule has 1 saturated heterocycles. The Labute approximate surface area is 115 Å². The number of hydrogen-bond donors (Lipinski definition) is 1. The van der Waals surface area contributed by atoms with Crippen molar-refractivity contribution in [1.29, 1.82) is 0 Å². The minimum atomic E-state index is -4.56. The molecule has 2 rings (SSSR count). The van der Waals surface area contributed by atoms with Crippen LogP contribution in [0.5, 0.6) is 0 Å². The fourth-order valence-electron chi connectivity index (χ4n) is 1.69. The zero-order chi connectivity index (χ0) is 13.5. The van der Waals surface area contributed by atoms with E-state index in [4.69, 9.17) is 0 Å². The minimum Gasteiger partial charge on any atom is -0.296 e. The summed E-state index contributed by atoms with van der Waals surface area (Å²) in [6, 6.07) is 2.62. The maximum Gasteiger partial charge on any atom is 0.434 e. The van der Waals surface area contributed by atoms with Crippen molar-refractivity contribution in [2.45, 2.75) is 17.8 Å². The SMILES string of the molecule is O=C1CC(S)CN1c1ccc(Br)c(C(F)(F)F)n1. The number of carbonyl (C=O) groups is 1. The van der Waals surface area contributed by atoms with E-state index >= 15 is 0 Å². The number of amides is 1. The summed E-state index contributed by atoms with van der Waals surface area (Å²) in [5, 5.41) is -0.169. The highest BCUT2D eigenvalue weighted by Crippen LogP contribution is 2.35. The van der Waals surface area contributed by atoms with E-state index in [1.807, 2.05) is 0 Å². The molecule has 2 heterocycles. The Bertz CT molecular complexity index is 495. The van der Waals surface area contributed by atoms with E-state index in [0.29, 0.717) is 0 Å². The summed E-state index contributed by atoms with van der Waals surface area (Å²) in [7, 11) is 0. The van der Waals surface area contributed by atoms with E-state index in [2.05, 4.69) is 33.5 Å². The van der Waals surface area contributed by atoms with Crippen molar-refractivity contribution in [2.24, 2.45) is 0 Å². The molecule has 1 aromatic rings. The molecule has 0 aromatic carbocycles. The lowest BCUT2D eigenvalue weighted by Crippen LogP contribution is -2.26. The first-order valence-electron chi connectivity index (χ1n) is 5.01. The lowest BCUT2D eigenvalue weighted by molar-refractivity contribution is -0.141. The highest BCUT2D eigenvalue weighted by atomic mass is 79.9. The number of alkyl halides is 3. The third kappa shape index (κ3) is 2.64. The summed E-state index contributed by atoms with van der Waals surface area (Å²) in [4.78, 5) is 16.3. The van der Waals surface area contributed by atoms with Gasteiger partial charge in [-0.15, -0.1) is 0 Å². The molecule has 1 aliphatic heterocycles. The molecule has 0 saturated carbocycles. The van der Waals surface area contributed by atoms with Gasteiger partial charge in [0.25, 0.3) is 0 Å². The van der Waals surface area contributed by atoms with Gasteiger partial charge >= 0.3 is 6.18 Å². The Kier molecular flexibility index (Phi) is 3.59. The molecule has 8 heteroatoms. The zero-order valence-electron chi connectivity index (χ0n) is 8.91. The smallest absolute Gasteiger partial charge is 0.296 e. The monoisotopic (exact) mass is 340 g/mol. The first kappa shape index (κ1) is 13.7. The molecule has 1 unspecified atom stereocenters. The molecule has 1 fully saturated rings. The Hall–Kier alpha value is -0.760. The van der Waals surface area contributed by atoms with Gasteiger partial charge in [-0.05, 0) is 28.1 Å². The van der Waals surface area contributed by atoms with Crippen LogP contribution < -0.4 is 4.90 Å². The van der Waals surface area contributed by atoms with E-state index in [0.717, 1.165) is 0 Å². The largest absolute Gasteiger partial charge is 0.434 e. The number of thiol groups is 1. The van der Waals surface area contributed by atoms with Crippen LogP contribution in [0.4, 0.5) is 19.0 Å². The van der Waals surface area contributed by atoms with Gasteiger partial charge in [0, 0.05) is 22.7 Å². The third-order valence-electron chi connectivity index (χ3n) is 2.48. The molecule has 0 aliphatic carbocycles. The van der Waals surface area contributed by atoms with Crippen molar-refractivity contribution in [3.63, 3.8) is 0 Å². The number of rotatable bonds is 1. The number of aromatic nitrogens is 1. The van der Waals surface area contributed by atoms with E-state index in [1.165, 1.54) is 17.0 Å². The second-order valence-corrected chi connectivity index (χ2v) is 5.44. The first-order chi connectivity index (χ1) is 8.29. The summed E-state index contributed by atoms with van der Waals surface area (Å²) >= 11 is 6.94. The Balaban J connectivity index is 2.39. The summed E-state index contributed by atoms with van der Waals surface area (Å²) in [6.45, 7) is 0.272. The molecule has 1 aliphatic rings. The molecule has 1 amide bonds. The van der Waals surface area contributed by atoms with E-state index in [9.17, 15) is 18.0 Å². The van der Waals surface area contributed by atoms with E-state index in [1.54, 1.807) is 0 Å². The van der Waals surface area contributed by atoms with Gasteiger partial charge in [-0.1, -0.05) is 0 Å². The third-order valence-corrected chi connectivity index (χ3v) is 3.47. The highest BCUT2D eigenvalue weighted by molar-refractivity contribution is 9.10. The van der Waals surface area contributed by atoms with Gasteiger partial charge < -0.3 is 0 Å². The van der Waals surface area contributed by atoms with Crippen molar-refractivity contribution in [3.05, 3.63) is 22.3 Å². The van der Waals surface area contributed by atoms with Crippen LogP contribution in [0.15, 0.2) is 16.6 Å². The molecule has 98 valence electrons. The summed E-state index contributed by atoms with van der Waals surface area (Å²) < 4.78 is 37.9. The first-order valence-corrected chi connectivity index (χ1v) is 6.32. The van der Waals surface area contributed by atoms with Crippen molar-refractivity contribution in [3.8, 4) is 0 Å². The highest BCUT2D eigenvalue weighted by Gasteiger charge is 2.37. The number of nitrogens with zero attached hydrogens (tertiary/aromatic N) is 2. The summed E-state index contributed by atoms with van der Waals surface area (Å²) in [5.74, 6) is -0.259. The average Bonchev–Trinajstić information content (AvgIpc) is 2.57. The maximum absolute atomic E-state index is 12.7. The molecule has 1 aromatic heterocycles. The van der Waals surface area contributed by atoms with Crippen LogP contribution in [0.25, 0.3) is 0 Å². The maximum atomic E-state index is 12.7. The van der Waals surface area contributed by atoms with Crippen LogP contribution >= 0.6 is 28.6 Å². The van der Waals surface area contributed by atoms with Gasteiger partial charge in [-0.3, -0.25) is 9.69 Å². The normalized spacial score (nSPS) is 20.6. The second kappa shape index (κ2) is 4.73. The van der Waals surface area contributed by atoms with E-state index in [-0.39, 0.29) is 34.4 Å². The summed E-state index contributed by atoms with van der Waals surface area (Å²) in [5.41, 5.74) is -1.03. The fourth-order valence-corrected chi connectivity index (χ4v) is 2.46. The number of halogens is 4. The molecular weight excluding hydrogens is 333 g/mol. The van der Waals surface area contributed by atoms with Crippen molar-refractivity contribution in [1.82, 2.24) is 4.98 Å². The number of carbonyl (C=O) groups excluding carboxylic acids is 1. The van der Waals surface area contributed by atoms with Gasteiger partial charge in [-0.2, -0.15) is 25.8 Å². The predicted molar refractivity (Wildman–Crippen MR) is 66.7 cm³/mol. The Morgan fingerprint density at radius 1 is 1.44 bits per heavy atom. The topological polar surface area (TPSA) is 33.2 Å². The quantitative estimate of drug-likeness (QED) is 0.797. The molecule has 0 bridgehead atoms. The average molecular weight is 341 g/mol. The van der Waals surface area contributed by atoms with Crippen LogP contribution in [0.1, 0.15) is 12.1 Å². The lowest BCUT2D eigenvalue weighted by Gasteiger charge is -2.17. The standard InChI is InChI=1S/C10H8BrF3N2OS/c11-6-1-2-7(15-9(6)10(12,13)14)16-4-5(18)3-8(16)17/h1-2,5,18H,3-4H2. The van der Waals surface area contributed by atoms with Gasteiger partial charge in [0.2, 0.25) is 5.91 Å². The predicted octanol–water partition coefficient (Wildman–Crippen LogP) is 2.90. The van der Waals surface area contributed by atoms with Crippen LogP contribution in [0, 0.1) is 0 Å². The molecular formula is C10H8BrF3N2OS. The molecule has 3 nitrogen and oxygen atoms in total. The van der Waals surface area contributed by atoms with Gasteiger partial charge in [0.05, 0.1) is 0 Å². The van der Waals surface area contributed by atoms with Crippen molar-refractivity contribution >= 4 is 40.3 Å². The van der Waals surface area contributed by atoms with Gasteiger partial charge in [0.15, 0.2) is 5.69 Å². The van der Waals surface area contributed by atoms with Crippen LogP contribution in [-0.4, -0.2) is 22.7 Å². The van der Waals surface area contributed by atoms with Crippen molar-refractivity contribution in [2.75, 3.05) is 11.4 Å². The molecule has 1 atom stereocenters. The van der Waals surface area contributed by atoms with Gasteiger partial charge in [0.1, 0.15) is 5.82 Å². The number of hydrogen-bond acceptors (Lipinski definition) is 3. The van der Waals surface area contributed by atoms with Crippen LogP contribution in [0.3, 0.4) is 0 Å². The summed E-state index contributed by atoms with van der Waals surface area (Å²) in [6.07, 6.45) is -4.35. The molecule has 0 N–H and O–H groups in total. The fraction of sp³-hybridized carbons (Fsp3) is 0.400. The minimum absolute atomic E-state index is 0.00655. The van der Waals surface area contributed by atoms with Crippen molar-refractivity contribution < 1.29 is 18.0 Å². The lowest BCUT2D eigenvalue weighted by atomic mass is 10.3. The van der Waals surface area contributed by atoms with Crippen LogP contribution in [-0.2, 0) is 11.0 Å². The van der Waals surface area contributed by atoms with Gasteiger partial charge in [-0.25, -0.2) is 4.98 Å². The zero-order valence-corrected chi connectivity index (χ0v) is 11.4. The number of pyridine rings is 1. The second-order valence-electron chi connectivity index (χ2n) is 3.86. The van der Waals surface area contributed by atoms with Crippen LogP contribution in [0.2, 0.25) is 0 Å². The Morgan fingerprint density at radius 2 is 2.11 bits per heavy atom. The number of anilines is 1. The Morgan fingerprint density at radius 3 is 2.61 bits per heavy atom. The van der Waals surface area contributed by atoms with E-state index < -0.39 is 11.9 Å². The molecule has 0 radical (unpaired) electrons.